The first-order valence-electron chi connectivity index (χ1n) is 2.60. The third-order valence-corrected chi connectivity index (χ3v) is 1.31. The summed E-state index contributed by atoms with van der Waals surface area (Å²) in [4.78, 5) is 15.3. The van der Waals surface area contributed by atoms with Gasteiger partial charge in [-0.2, -0.15) is 0 Å². The molecule has 0 saturated heterocycles. The normalized spacial score (nSPS) is 9.30. The molecule has 0 fully saturated rings. The molecule has 0 aliphatic heterocycles. The Morgan fingerprint density at radius 1 is 1.70 bits per heavy atom. The number of methoxy groups -OCH3 is 1. The van der Waals surface area contributed by atoms with Crippen molar-refractivity contribution in [2.75, 3.05) is 7.11 Å². The number of aromatic amines is 2. The molecule has 5 heteroatoms. The molecule has 0 aliphatic carbocycles. The van der Waals surface area contributed by atoms with Gasteiger partial charge in [0.05, 0.1) is 13.3 Å². The van der Waals surface area contributed by atoms with E-state index in [0.29, 0.717) is 10.4 Å². The zero-order valence-corrected chi connectivity index (χ0v) is 6.12. The van der Waals surface area contributed by atoms with E-state index in [1.54, 1.807) is 0 Å². The van der Waals surface area contributed by atoms with Crippen LogP contribution < -0.4 is 10.4 Å². The molecule has 0 spiro atoms. The van der Waals surface area contributed by atoms with Crippen molar-refractivity contribution in [3.8, 4) is 5.75 Å². The predicted octanol–water partition coefficient (Wildman–Crippen LogP) is 0.441. The fourth-order valence-electron chi connectivity index (χ4n) is 0.549. The van der Waals surface area contributed by atoms with Crippen molar-refractivity contribution >= 4 is 12.2 Å². The molecular weight excluding hydrogens is 152 g/mol. The number of nitrogens with one attached hydrogen (secondary N) is 2. The first-order valence-corrected chi connectivity index (χ1v) is 3.01. The van der Waals surface area contributed by atoms with E-state index in [1.165, 1.54) is 13.3 Å². The van der Waals surface area contributed by atoms with Crippen LogP contribution in [0.2, 0.25) is 0 Å². The van der Waals surface area contributed by atoms with E-state index in [2.05, 4.69) is 9.97 Å². The Kier molecular flexibility index (Phi) is 1.86. The Morgan fingerprint density at radius 3 is 2.90 bits per heavy atom. The van der Waals surface area contributed by atoms with Crippen LogP contribution in [0.15, 0.2) is 11.0 Å². The summed E-state index contributed by atoms with van der Waals surface area (Å²) < 4.78 is 5.11. The van der Waals surface area contributed by atoms with Gasteiger partial charge in [-0.3, -0.25) is 4.98 Å². The van der Waals surface area contributed by atoms with E-state index in [4.69, 9.17) is 17.0 Å². The lowest BCUT2D eigenvalue weighted by Crippen LogP contribution is -2.09. The maximum absolute atomic E-state index is 10.5. The highest BCUT2D eigenvalue weighted by Gasteiger charge is 1.91. The molecule has 1 aromatic rings. The second-order valence-corrected chi connectivity index (χ2v) is 2.05. The van der Waals surface area contributed by atoms with Crippen molar-refractivity contribution in [2.45, 2.75) is 0 Å². The van der Waals surface area contributed by atoms with Gasteiger partial charge in [-0.25, -0.2) is 4.79 Å². The highest BCUT2D eigenvalue weighted by molar-refractivity contribution is 7.71. The number of ether oxygens (including phenoxy) is 1. The average molecular weight is 158 g/mol. The third-order valence-electron chi connectivity index (χ3n) is 1.01. The van der Waals surface area contributed by atoms with E-state index in [0.717, 1.165) is 0 Å². The van der Waals surface area contributed by atoms with Crippen molar-refractivity contribution in [1.29, 1.82) is 0 Å². The first kappa shape index (κ1) is 7.01. The molecule has 0 aliphatic rings. The van der Waals surface area contributed by atoms with Gasteiger partial charge in [0.2, 0.25) is 0 Å². The van der Waals surface area contributed by atoms with Crippen LogP contribution in [0.3, 0.4) is 0 Å². The van der Waals surface area contributed by atoms with Gasteiger partial charge in [-0.05, 0) is 0 Å². The van der Waals surface area contributed by atoms with Crippen molar-refractivity contribution in [2.24, 2.45) is 0 Å². The van der Waals surface area contributed by atoms with E-state index in [1.807, 2.05) is 0 Å². The Bertz CT molecular complexity index is 327. The summed E-state index contributed by atoms with van der Waals surface area (Å²) in [5.41, 5.74) is -0.328. The molecule has 0 atom stereocenters. The molecule has 54 valence electrons. The zero-order chi connectivity index (χ0) is 7.56. The Balaban J connectivity index is 3.34. The fraction of sp³-hybridized carbons (Fsp3) is 0.200. The minimum Gasteiger partial charge on any atom is -0.492 e. The van der Waals surface area contributed by atoms with Crippen LogP contribution in [0.5, 0.6) is 5.75 Å². The van der Waals surface area contributed by atoms with E-state index in [-0.39, 0.29) is 5.69 Å². The minimum atomic E-state index is -0.328. The molecule has 0 bridgehead atoms. The van der Waals surface area contributed by atoms with Crippen LogP contribution in [-0.2, 0) is 0 Å². The largest absolute Gasteiger partial charge is 0.492 e. The SMILES string of the molecule is COc1c[nH]c(=O)[nH]c1=S. The zero-order valence-electron chi connectivity index (χ0n) is 5.30. The predicted molar refractivity (Wildman–Crippen MR) is 38.8 cm³/mol. The van der Waals surface area contributed by atoms with Crippen LogP contribution in [0.4, 0.5) is 0 Å². The molecule has 0 radical (unpaired) electrons. The molecule has 4 nitrogen and oxygen atoms in total. The van der Waals surface area contributed by atoms with E-state index < -0.39 is 0 Å². The van der Waals surface area contributed by atoms with Gasteiger partial charge in [0.15, 0.2) is 10.4 Å². The molecular formula is C5H6N2O2S. The molecule has 2 N–H and O–H groups in total. The standard InChI is InChI=1S/C5H6N2O2S/c1-9-3-2-6-5(8)7-4(3)10/h2H,1H3,(H2,6,7,8,10). The van der Waals surface area contributed by atoms with Gasteiger partial charge in [-0.1, -0.05) is 12.2 Å². The summed E-state index contributed by atoms with van der Waals surface area (Å²) in [5.74, 6) is 0.467. The monoisotopic (exact) mass is 158 g/mol. The van der Waals surface area contributed by atoms with Crippen molar-refractivity contribution in [1.82, 2.24) is 9.97 Å². The highest BCUT2D eigenvalue weighted by Crippen LogP contribution is 2.03. The van der Waals surface area contributed by atoms with Gasteiger partial charge in [0.25, 0.3) is 0 Å². The lowest BCUT2D eigenvalue weighted by atomic mass is 10.6. The quantitative estimate of drug-likeness (QED) is 0.583. The summed E-state index contributed by atoms with van der Waals surface area (Å²) >= 11 is 4.74. The molecule has 1 rings (SSSR count). The summed E-state index contributed by atoms with van der Waals surface area (Å²) in [6.07, 6.45) is 1.42. The average Bonchev–Trinajstić information content (AvgIpc) is 1.88. The summed E-state index contributed by atoms with van der Waals surface area (Å²) in [6, 6.07) is 0. The van der Waals surface area contributed by atoms with Gasteiger partial charge < -0.3 is 9.72 Å². The second kappa shape index (κ2) is 2.66. The van der Waals surface area contributed by atoms with Crippen LogP contribution >= 0.6 is 12.2 Å². The molecule has 1 heterocycles. The number of hydrogen-bond acceptors (Lipinski definition) is 3. The molecule has 1 aromatic heterocycles. The Morgan fingerprint density at radius 2 is 2.40 bits per heavy atom. The fourth-order valence-corrected chi connectivity index (χ4v) is 0.784. The molecule has 0 amide bonds. The van der Waals surface area contributed by atoms with E-state index >= 15 is 0 Å². The lowest BCUT2D eigenvalue weighted by Gasteiger charge is -1.95. The topological polar surface area (TPSA) is 57.9 Å². The maximum Gasteiger partial charge on any atom is 0.324 e. The summed E-state index contributed by atoms with van der Waals surface area (Å²) in [6.45, 7) is 0. The van der Waals surface area contributed by atoms with Crippen LogP contribution in [0.25, 0.3) is 0 Å². The number of aromatic nitrogens is 2. The minimum absolute atomic E-state index is 0.311. The molecule has 0 saturated carbocycles. The van der Waals surface area contributed by atoms with Crippen LogP contribution in [0, 0.1) is 4.64 Å². The van der Waals surface area contributed by atoms with Crippen molar-refractivity contribution in [3.63, 3.8) is 0 Å². The third kappa shape index (κ3) is 1.24. The molecule has 0 aromatic carbocycles. The van der Waals surface area contributed by atoms with Crippen LogP contribution in [0.1, 0.15) is 0 Å². The second-order valence-electron chi connectivity index (χ2n) is 1.64. The number of hydrogen-bond donors (Lipinski definition) is 2. The van der Waals surface area contributed by atoms with Gasteiger partial charge in [0, 0.05) is 0 Å². The number of H-pyrrole nitrogens is 2. The van der Waals surface area contributed by atoms with E-state index in [9.17, 15) is 4.79 Å². The van der Waals surface area contributed by atoms with Gasteiger partial charge >= 0.3 is 5.69 Å². The molecule has 0 unspecified atom stereocenters. The Labute approximate surface area is 61.9 Å². The van der Waals surface area contributed by atoms with Gasteiger partial charge in [0.1, 0.15) is 0 Å². The maximum atomic E-state index is 10.5. The smallest absolute Gasteiger partial charge is 0.324 e. The van der Waals surface area contributed by atoms with Crippen LogP contribution in [-0.4, -0.2) is 17.1 Å². The molecule has 10 heavy (non-hydrogen) atoms. The first-order chi connectivity index (χ1) is 4.74. The lowest BCUT2D eigenvalue weighted by molar-refractivity contribution is 0.408. The summed E-state index contributed by atoms with van der Waals surface area (Å²) in [7, 11) is 1.48. The highest BCUT2D eigenvalue weighted by atomic mass is 32.1. The Hall–Kier alpha value is -1.10. The van der Waals surface area contributed by atoms with Crippen molar-refractivity contribution < 1.29 is 4.74 Å². The summed E-state index contributed by atoms with van der Waals surface area (Å²) in [5, 5.41) is 0. The number of rotatable bonds is 1. The van der Waals surface area contributed by atoms with Crippen molar-refractivity contribution in [3.05, 3.63) is 21.3 Å². The van der Waals surface area contributed by atoms with Gasteiger partial charge in [-0.15, -0.1) is 0 Å².